The summed E-state index contributed by atoms with van der Waals surface area (Å²) >= 11 is 0.918. The normalized spacial score (nSPS) is 12.0. The van der Waals surface area contributed by atoms with Gasteiger partial charge >= 0.3 is 11.6 Å². The molecule has 0 aliphatic carbocycles. The lowest BCUT2D eigenvalue weighted by molar-refractivity contribution is -0.146. The number of benzene rings is 2. The molecule has 0 saturated carbocycles. The van der Waals surface area contributed by atoms with Crippen molar-refractivity contribution in [3.63, 3.8) is 0 Å². The van der Waals surface area contributed by atoms with Gasteiger partial charge in [-0.05, 0) is 19.4 Å². The maximum absolute atomic E-state index is 12.6. The lowest BCUT2D eigenvalue weighted by Crippen LogP contribution is -2.18. The van der Waals surface area contributed by atoms with E-state index in [9.17, 15) is 14.7 Å². The summed E-state index contributed by atoms with van der Waals surface area (Å²) in [7, 11) is 0. The van der Waals surface area contributed by atoms with Crippen LogP contribution in [-0.2, 0) is 9.53 Å². The zero-order valence-corrected chi connectivity index (χ0v) is 16.3. The summed E-state index contributed by atoms with van der Waals surface area (Å²) in [5, 5.41) is 9.65. The second-order valence-corrected chi connectivity index (χ2v) is 7.49. The number of esters is 1. The van der Waals surface area contributed by atoms with Gasteiger partial charge in [0, 0.05) is 11.6 Å². The van der Waals surface area contributed by atoms with Crippen LogP contribution in [0.25, 0.3) is 11.3 Å². The van der Waals surface area contributed by atoms with Gasteiger partial charge in [0.15, 0.2) is 0 Å². The van der Waals surface area contributed by atoms with Gasteiger partial charge in [-0.1, -0.05) is 72.4 Å². The van der Waals surface area contributed by atoms with Crippen molar-refractivity contribution in [2.75, 3.05) is 0 Å². The maximum atomic E-state index is 12.6. The van der Waals surface area contributed by atoms with Crippen LogP contribution >= 0.6 is 11.8 Å². The summed E-state index contributed by atoms with van der Waals surface area (Å²) in [4.78, 5) is 25.1. The van der Waals surface area contributed by atoms with E-state index in [4.69, 9.17) is 9.15 Å². The van der Waals surface area contributed by atoms with Gasteiger partial charge in [-0.25, -0.2) is 4.79 Å². The molecule has 144 valence electrons. The quantitative estimate of drug-likeness (QED) is 0.476. The van der Waals surface area contributed by atoms with Crippen molar-refractivity contribution in [3.8, 4) is 17.1 Å². The Morgan fingerprint density at radius 1 is 1.04 bits per heavy atom. The Labute approximate surface area is 167 Å². The Bertz CT molecular complexity index is 996. The molecule has 3 aromatic rings. The highest BCUT2D eigenvalue weighted by atomic mass is 32.2. The van der Waals surface area contributed by atoms with Crippen molar-refractivity contribution < 1.29 is 19.1 Å². The Morgan fingerprint density at radius 2 is 1.64 bits per heavy atom. The fourth-order valence-electron chi connectivity index (χ4n) is 2.62. The molecule has 5 nitrogen and oxygen atoms in total. The highest BCUT2D eigenvalue weighted by molar-refractivity contribution is 8.00. The first-order chi connectivity index (χ1) is 13.5. The van der Waals surface area contributed by atoms with E-state index in [-0.39, 0.29) is 22.5 Å². The predicted octanol–water partition coefficient (Wildman–Crippen LogP) is 4.80. The van der Waals surface area contributed by atoms with Gasteiger partial charge in [-0.2, -0.15) is 0 Å². The van der Waals surface area contributed by atoms with E-state index in [0.29, 0.717) is 11.1 Å². The topological polar surface area (TPSA) is 76.7 Å². The molecule has 0 radical (unpaired) electrons. The van der Waals surface area contributed by atoms with Crippen LogP contribution in [0.4, 0.5) is 0 Å². The molecule has 1 unspecified atom stereocenters. The molecular weight excluding hydrogens is 376 g/mol. The maximum Gasteiger partial charge on any atom is 0.353 e. The van der Waals surface area contributed by atoms with Crippen LogP contribution in [0.1, 0.15) is 24.7 Å². The summed E-state index contributed by atoms with van der Waals surface area (Å²) in [5.74, 6) is -0.469. The largest absolute Gasteiger partial charge is 0.506 e. The van der Waals surface area contributed by atoms with E-state index >= 15 is 0 Å². The predicted molar refractivity (Wildman–Crippen MR) is 108 cm³/mol. The van der Waals surface area contributed by atoms with Gasteiger partial charge in [0.25, 0.3) is 0 Å². The van der Waals surface area contributed by atoms with Crippen LogP contribution in [0.15, 0.2) is 80.8 Å². The molecule has 28 heavy (non-hydrogen) atoms. The van der Waals surface area contributed by atoms with Crippen LogP contribution < -0.4 is 5.63 Å². The number of thioether (sulfide) groups is 1. The number of carbonyl (C=O) groups is 1. The Kier molecular flexibility index (Phi) is 6.21. The van der Waals surface area contributed by atoms with Crippen LogP contribution in [0, 0.1) is 0 Å². The van der Waals surface area contributed by atoms with Crippen molar-refractivity contribution in [2.45, 2.75) is 30.1 Å². The fourth-order valence-corrected chi connectivity index (χ4v) is 3.61. The van der Waals surface area contributed by atoms with Crippen LogP contribution in [0.5, 0.6) is 5.75 Å². The van der Waals surface area contributed by atoms with Gasteiger partial charge in [0.05, 0.1) is 6.10 Å². The van der Waals surface area contributed by atoms with E-state index in [1.54, 1.807) is 50.2 Å². The number of ether oxygens (including phenoxy) is 1. The molecule has 1 aromatic heterocycles. The van der Waals surface area contributed by atoms with Crippen molar-refractivity contribution in [3.05, 3.63) is 82.7 Å². The average molecular weight is 396 g/mol. The SMILES string of the molecule is CC(C)OC(=O)C(Sc1c(O)cc(-c2ccccc2)oc1=O)c1ccccc1. The van der Waals surface area contributed by atoms with Gasteiger partial charge in [0.1, 0.15) is 21.7 Å². The molecule has 0 spiro atoms. The molecule has 0 bridgehead atoms. The van der Waals surface area contributed by atoms with Gasteiger partial charge in [-0.15, -0.1) is 0 Å². The van der Waals surface area contributed by atoms with Crippen LogP contribution in [-0.4, -0.2) is 17.2 Å². The molecule has 1 heterocycles. The van der Waals surface area contributed by atoms with Crippen LogP contribution in [0.2, 0.25) is 0 Å². The van der Waals surface area contributed by atoms with E-state index in [1.165, 1.54) is 6.07 Å². The van der Waals surface area contributed by atoms with Gasteiger partial charge < -0.3 is 14.3 Å². The number of aromatic hydroxyl groups is 1. The minimum absolute atomic E-state index is 0.0331. The molecule has 1 atom stereocenters. The first-order valence-electron chi connectivity index (χ1n) is 8.80. The Balaban J connectivity index is 1.97. The smallest absolute Gasteiger partial charge is 0.353 e. The number of hydrogen-bond acceptors (Lipinski definition) is 6. The molecule has 3 rings (SSSR count). The fraction of sp³-hybridized carbons (Fsp3) is 0.182. The average Bonchev–Trinajstić information content (AvgIpc) is 2.68. The van der Waals surface area contributed by atoms with E-state index in [2.05, 4.69) is 0 Å². The molecule has 6 heteroatoms. The minimum Gasteiger partial charge on any atom is -0.506 e. The van der Waals surface area contributed by atoms with E-state index in [1.807, 2.05) is 24.3 Å². The van der Waals surface area contributed by atoms with Crippen molar-refractivity contribution in [1.82, 2.24) is 0 Å². The number of carbonyl (C=O) groups excluding carboxylic acids is 1. The number of hydrogen-bond donors (Lipinski definition) is 1. The molecule has 0 aliphatic rings. The summed E-state index contributed by atoms with van der Waals surface area (Å²) in [6.07, 6.45) is -0.301. The third-order valence-electron chi connectivity index (χ3n) is 3.85. The van der Waals surface area contributed by atoms with Gasteiger partial charge in [0.2, 0.25) is 0 Å². The first kappa shape index (κ1) is 19.8. The second-order valence-electron chi connectivity index (χ2n) is 6.37. The van der Waals surface area contributed by atoms with E-state index < -0.39 is 16.8 Å². The van der Waals surface area contributed by atoms with Gasteiger partial charge in [-0.3, -0.25) is 4.79 Å². The molecule has 0 aliphatic heterocycles. The summed E-state index contributed by atoms with van der Waals surface area (Å²) < 4.78 is 10.7. The molecule has 0 amide bonds. The second kappa shape index (κ2) is 8.80. The van der Waals surface area contributed by atoms with E-state index in [0.717, 1.165) is 11.8 Å². The van der Waals surface area contributed by atoms with Crippen LogP contribution in [0.3, 0.4) is 0 Å². The molecular formula is C22H20O5S. The lowest BCUT2D eigenvalue weighted by atomic mass is 10.1. The summed E-state index contributed by atoms with van der Waals surface area (Å²) in [6, 6.07) is 19.4. The zero-order chi connectivity index (χ0) is 20.1. The third-order valence-corrected chi connectivity index (χ3v) is 5.16. The van der Waals surface area contributed by atoms with Crippen molar-refractivity contribution in [2.24, 2.45) is 0 Å². The standard InChI is InChI=1S/C22H20O5S/c1-14(2)26-21(24)19(16-11-7-4-8-12-16)28-20-17(23)13-18(27-22(20)25)15-9-5-3-6-10-15/h3-14,19,23H,1-2H3. The van der Waals surface area contributed by atoms with Crippen molar-refractivity contribution >= 4 is 17.7 Å². The summed E-state index contributed by atoms with van der Waals surface area (Å²) in [5.41, 5.74) is 0.636. The number of rotatable bonds is 6. The van der Waals surface area contributed by atoms with Crippen molar-refractivity contribution in [1.29, 1.82) is 0 Å². The molecule has 0 saturated heterocycles. The Hall–Kier alpha value is -2.99. The Morgan fingerprint density at radius 3 is 2.21 bits per heavy atom. The minimum atomic E-state index is -0.806. The zero-order valence-electron chi connectivity index (χ0n) is 15.5. The highest BCUT2D eigenvalue weighted by Gasteiger charge is 2.28. The lowest BCUT2D eigenvalue weighted by Gasteiger charge is -2.18. The molecule has 0 fully saturated rings. The summed E-state index contributed by atoms with van der Waals surface area (Å²) in [6.45, 7) is 3.51. The first-order valence-corrected chi connectivity index (χ1v) is 9.68. The molecule has 1 N–H and O–H groups in total. The third kappa shape index (κ3) is 4.64. The molecule has 2 aromatic carbocycles. The highest BCUT2D eigenvalue weighted by Crippen LogP contribution is 2.39. The monoisotopic (exact) mass is 396 g/mol.